The summed E-state index contributed by atoms with van der Waals surface area (Å²) in [6.45, 7) is 7.26. The Kier molecular flexibility index (Phi) is 7.40. The molecule has 1 aliphatic rings. The van der Waals surface area contributed by atoms with E-state index in [2.05, 4.69) is 30.0 Å². The summed E-state index contributed by atoms with van der Waals surface area (Å²) in [4.78, 5) is 2.49. The number of benzene rings is 1. The zero-order valence-electron chi connectivity index (χ0n) is 20.4. The highest BCUT2D eigenvalue weighted by molar-refractivity contribution is 5.83. The molecule has 3 aromatic rings. The zero-order chi connectivity index (χ0) is 23.4. The second kappa shape index (κ2) is 10.4. The van der Waals surface area contributed by atoms with Gasteiger partial charge in [0.25, 0.3) is 0 Å². The molecule has 0 spiro atoms. The first-order chi connectivity index (χ1) is 16.1. The van der Waals surface area contributed by atoms with E-state index >= 15 is 0 Å². The molecule has 1 aliphatic heterocycles. The van der Waals surface area contributed by atoms with Gasteiger partial charge in [-0.3, -0.25) is 0 Å². The Balaban J connectivity index is 1.92. The molecule has 1 aromatic carbocycles. The van der Waals surface area contributed by atoms with Gasteiger partial charge in [0.1, 0.15) is 11.5 Å². The molecule has 4 rings (SSSR count). The minimum atomic E-state index is 0.402. The van der Waals surface area contributed by atoms with Gasteiger partial charge >= 0.3 is 0 Å². The van der Waals surface area contributed by atoms with Crippen molar-refractivity contribution < 1.29 is 18.9 Å². The third-order valence-electron chi connectivity index (χ3n) is 6.40. The van der Waals surface area contributed by atoms with Crippen molar-refractivity contribution in [3.63, 3.8) is 0 Å². The van der Waals surface area contributed by atoms with E-state index < -0.39 is 0 Å². The van der Waals surface area contributed by atoms with Crippen LogP contribution in [-0.2, 0) is 15.9 Å². The van der Waals surface area contributed by atoms with Crippen LogP contribution in [0, 0.1) is 6.92 Å². The first-order valence-electron chi connectivity index (χ1n) is 11.7. The molecule has 7 nitrogen and oxygen atoms in total. The van der Waals surface area contributed by atoms with E-state index in [0.29, 0.717) is 12.6 Å². The van der Waals surface area contributed by atoms with Crippen molar-refractivity contribution in [3.05, 3.63) is 41.6 Å². The van der Waals surface area contributed by atoms with Crippen LogP contribution in [0.3, 0.4) is 0 Å². The van der Waals surface area contributed by atoms with Crippen LogP contribution in [0.15, 0.2) is 30.3 Å². The zero-order valence-corrected chi connectivity index (χ0v) is 20.4. The number of hydrogen-bond donors (Lipinski definition) is 0. The molecule has 0 N–H and O–H groups in total. The Morgan fingerprint density at radius 1 is 1.09 bits per heavy atom. The molecule has 0 atom stereocenters. The van der Waals surface area contributed by atoms with Crippen LogP contribution < -0.4 is 14.4 Å². The van der Waals surface area contributed by atoms with Gasteiger partial charge in [0.2, 0.25) is 0 Å². The van der Waals surface area contributed by atoms with Crippen LogP contribution in [0.4, 0.5) is 5.69 Å². The van der Waals surface area contributed by atoms with E-state index in [0.717, 1.165) is 78.6 Å². The van der Waals surface area contributed by atoms with E-state index in [1.807, 2.05) is 23.6 Å². The summed E-state index contributed by atoms with van der Waals surface area (Å²) in [5.74, 6) is 1.55. The summed E-state index contributed by atoms with van der Waals surface area (Å²) < 4.78 is 24.7. The maximum Gasteiger partial charge on any atom is 0.132 e. The molecule has 7 heteroatoms. The number of ether oxygens (including phenoxy) is 4. The molecule has 33 heavy (non-hydrogen) atoms. The fourth-order valence-corrected chi connectivity index (χ4v) is 4.80. The van der Waals surface area contributed by atoms with Gasteiger partial charge in [0.15, 0.2) is 0 Å². The number of aryl methyl sites for hydroxylation is 2. The molecule has 1 saturated heterocycles. The largest absolute Gasteiger partial charge is 0.496 e. The molecule has 0 saturated carbocycles. The van der Waals surface area contributed by atoms with Crippen LogP contribution in [-0.4, -0.2) is 63.4 Å². The monoisotopic (exact) mass is 453 g/mol. The molecule has 3 heterocycles. The highest BCUT2D eigenvalue weighted by Gasteiger charge is 2.28. The maximum atomic E-state index is 5.77. The fraction of sp³-hybridized carbons (Fsp3) is 0.500. The lowest BCUT2D eigenvalue weighted by atomic mass is 10.0. The summed E-state index contributed by atoms with van der Waals surface area (Å²) in [6.07, 6.45) is 2.85. The first-order valence-corrected chi connectivity index (χ1v) is 11.7. The Labute approximate surface area is 196 Å². The van der Waals surface area contributed by atoms with Gasteiger partial charge in [-0.2, -0.15) is 5.10 Å². The van der Waals surface area contributed by atoms with Gasteiger partial charge in [0.05, 0.1) is 49.0 Å². The van der Waals surface area contributed by atoms with Crippen molar-refractivity contribution in [2.24, 2.45) is 0 Å². The highest BCUT2D eigenvalue weighted by atomic mass is 16.5. The van der Waals surface area contributed by atoms with Crippen molar-refractivity contribution in [2.75, 3.05) is 52.6 Å². The summed E-state index contributed by atoms with van der Waals surface area (Å²) in [6, 6.07) is 10.8. The number of pyridine rings is 1. The Hall–Kier alpha value is -2.77. The predicted molar refractivity (Wildman–Crippen MR) is 131 cm³/mol. The lowest BCUT2D eigenvalue weighted by Gasteiger charge is -2.36. The summed E-state index contributed by atoms with van der Waals surface area (Å²) in [5, 5.41) is 5.10. The number of methoxy groups -OCH3 is 3. The average molecular weight is 454 g/mol. The number of aromatic nitrogens is 2. The molecular weight excluding hydrogens is 418 g/mol. The second-order valence-corrected chi connectivity index (χ2v) is 8.43. The van der Waals surface area contributed by atoms with Gasteiger partial charge in [-0.05, 0) is 56.0 Å². The number of fused-ring (bicyclic) bond motifs is 1. The first kappa shape index (κ1) is 23.4. The molecule has 2 aromatic heterocycles. The Morgan fingerprint density at radius 2 is 1.79 bits per heavy atom. The van der Waals surface area contributed by atoms with Gasteiger partial charge in [-0.15, -0.1) is 0 Å². The lowest BCUT2D eigenvalue weighted by Crippen LogP contribution is -2.41. The lowest BCUT2D eigenvalue weighted by molar-refractivity contribution is 0.0828. The number of hydrogen-bond acceptors (Lipinski definition) is 6. The molecular formula is C26H35N3O4. The smallest absolute Gasteiger partial charge is 0.132 e. The molecule has 0 radical (unpaired) electrons. The molecule has 1 fully saturated rings. The van der Waals surface area contributed by atoms with Gasteiger partial charge in [0, 0.05) is 32.9 Å². The molecule has 0 unspecified atom stereocenters. The third kappa shape index (κ3) is 4.52. The van der Waals surface area contributed by atoms with Crippen LogP contribution in [0.2, 0.25) is 0 Å². The Bertz CT molecular complexity index is 1060. The van der Waals surface area contributed by atoms with E-state index in [1.165, 1.54) is 5.69 Å². The van der Waals surface area contributed by atoms with Crippen molar-refractivity contribution in [2.45, 2.75) is 39.2 Å². The van der Waals surface area contributed by atoms with Crippen molar-refractivity contribution in [1.29, 1.82) is 0 Å². The van der Waals surface area contributed by atoms with Crippen LogP contribution >= 0.6 is 0 Å². The molecule has 0 aliphatic carbocycles. The number of anilines is 1. The second-order valence-electron chi connectivity index (χ2n) is 8.43. The average Bonchev–Trinajstić information content (AvgIpc) is 3.23. The van der Waals surface area contributed by atoms with E-state index in [1.54, 1.807) is 21.3 Å². The van der Waals surface area contributed by atoms with Crippen LogP contribution in [0.25, 0.3) is 16.8 Å². The predicted octanol–water partition coefficient (Wildman–Crippen LogP) is 4.52. The van der Waals surface area contributed by atoms with Crippen molar-refractivity contribution in [1.82, 2.24) is 9.61 Å². The van der Waals surface area contributed by atoms with E-state index in [-0.39, 0.29) is 0 Å². The topological polar surface area (TPSA) is 57.5 Å². The summed E-state index contributed by atoms with van der Waals surface area (Å²) in [5.41, 5.74) is 6.28. The quantitative estimate of drug-likeness (QED) is 0.475. The summed E-state index contributed by atoms with van der Waals surface area (Å²) >= 11 is 0. The molecule has 178 valence electrons. The van der Waals surface area contributed by atoms with Crippen LogP contribution in [0.1, 0.15) is 31.0 Å². The maximum absolute atomic E-state index is 5.77. The fourth-order valence-electron chi connectivity index (χ4n) is 4.80. The van der Waals surface area contributed by atoms with Gasteiger partial charge in [-0.1, -0.05) is 13.0 Å². The number of rotatable bonds is 9. The van der Waals surface area contributed by atoms with E-state index in [4.69, 9.17) is 24.0 Å². The van der Waals surface area contributed by atoms with E-state index in [9.17, 15) is 0 Å². The molecule has 0 amide bonds. The number of nitrogens with zero attached hydrogens (tertiary/aromatic N) is 3. The highest BCUT2D eigenvalue weighted by Crippen LogP contribution is 2.41. The van der Waals surface area contributed by atoms with Gasteiger partial charge < -0.3 is 23.8 Å². The van der Waals surface area contributed by atoms with Gasteiger partial charge in [-0.25, -0.2) is 4.52 Å². The van der Waals surface area contributed by atoms with Crippen LogP contribution in [0.5, 0.6) is 11.5 Å². The minimum absolute atomic E-state index is 0.402. The summed E-state index contributed by atoms with van der Waals surface area (Å²) in [7, 11) is 5.15. The standard InChI is InChI=1S/C26H35N3O4/c1-6-20-26(28(12-15-30-3)19-10-13-33-14-11-19)22-9-7-8-21(29(22)27-20)25-23(31-4)16-18(2)17-24(25)32-5/h7-9,16-17,19H,6,10-15H2,1-5H3. The minimum Gasteiger partial charge on any atom is -0.496 e. The van der Waals surface area contributed by atoms with Crippen molar-refractivity contribution >= 4 is 11.2 Å². The SMILES string of the molecule is CCc1nn2c(-c3c(OC)cc(C)cc3OC)cccc2c1N(CCOC)C1CCOCC1. The van der Waals surface area contributed by atoms with Crippen molar-refractivity contribution in [3.8, 4) is 22.8 Å². The molecule has 0 bridgehead atoms. The normalized spacial score (nSPS) is 14.6. The Morgan fingerprint density at radius 3 is 2.39 bits per heavy atom. The third-order valence-corrected chi connectivity index (χ3v) is 6.40.